The third-order valence-electron chi connectivity index (χ3n) is 7.05. The standard InChI is InChI=1S/C26H33N7O4S/c1-17-12-20(14-24(28-17)26(34)27-15-19-4-3-5-22(13-19)37-2)25-29-32-33(30-25)16-18-6-8-21(9-7-18)31-38(35,36)23-10-11-23/h3-5,12-14,18,21,23,31H,6-11,15-16H2,1-2H3,(H,27,34). The van der Waals surface area contributed by atoms with Gasteiger partial charge in [-0.2, -0.15) is 4.80 Å². The molecule has 1 amide bonds. The number of sulfonamides is 1. The Morgan fingerprint density at radius 2 is 1.89 bits per heavy atom. The smallest absolute Gasteiger partial charge is 0.270 e. The molecule has 2 fully saturated rings. The number of tetrazole rings is 1. The average molecular weight is 540 g/mol. The summed E-state index contributed by atoms with van der Waals surface area (Å²) in [6, 6.07) is 11.0. The van der Waals surface area contributed by atoms with Crippen LogP contribution in [0.2, 0.25) is 0 Å². The molecule has 0 saturated heterocycles. The number of hydrogen-bond donors (Lipinski definition) is 2. The van der Waals surface area contributed by atoms with Crippen LogP contribution >= 0.6 is 0 Å². The van der Waals surface area contributed by atoms with Crippen LogP contribution in [0.4, 0.5) is 0 Å². The second kappa shape index (κ2) is 11.2. The summed E-state index contributed by atoms with van der Waals surface area (Å²) in [4.78, 5) is 18.8. The number of hydrogen-bond acceptors (Lipinski definition) is 8. The molecule has 2 aliphatic carbocycles. The number of amides is 1. The van der Waals surface area contributed by atoms with Gasteiger partial charge in [0.1, 0.15) is 11.4 Å². The minimum absolute atomic E-state index is 0.0180. The Balaban J connectivity index is 1.17. The summed E-state index contributed by atoms with van der Waals surface area (Å²) < 4.78 is 32.5. The van der Waals surface area contributed by atoms with Crippen LogP contribution in [0.15, 0.2) is 36.4 Å². The van der Waals surface area contributed by atoms with Crippen molar-refractivity contribution in [2.75, 3.05) is 7.11 Å². The molecule has 38 heavy (non-hydrogen) atoms. The van der Waals surface area contributed by atoms with E-state index in [0.717, 1.165) is 49.8 Å². The molecule has 11 nitrogen and oxygen atoms in total. The molecular formula is C26H33N7O4S. The molecule has 202 valence electrons. The summed E-state index contributed by atoms with van der Waals surface area (Å²) in [7, 11) is -1.55. The fraction of sp³-hybridized carbons (Fsp3) is 0.500. The van der Waals surface area contributed by atoms with Crippen LogP contribution in [0.1, 0.15) is 60.3 Å². The highest BCUT2D eigenvalue weighted by atomic mass is 32.2. The van der Waals surface area contributed by atoms with Gasteiger partial charge in [-0.05, 0) is 86.4 Å². The van der Waals surface area contributed by atoms with Crippen molar-refractivity contribution >= 4 is 15.9 Å². The molecule has 12 heteroatoms. The molecule has 2 aliphatic rings. The van der Waals surface area contributed by atoms with Gasteiger partial charge < -0.3 is 10.1 Å². The van der Waals surface area contributed by atoms with Crippen molar-refractivity contribution in [1.29, 1.82) is 0 Å². The van der Waals surface area contributed by atoms with Crippen LogP contribution in [-0.2, 0) is 23.1 Å². The molecule has 3 aromatic rings. The van der Waals surface area contributed by atoms with E-state index in [4.69, 9.17) is 4.74 Å². The maximum Gasteiger partial charge on any atom is 0.270 e. The van der Waals surface area contributed by atoms with Crippen molar-refractivity contribution in [3.63, 3.8) is 0 Å². The lowest BCUT2D eigenvalue weighted by Crippen LogP contribution is -2.39. The molecular weight excluding hydrogens is 506 g/mol. The summed E-state index contributed by atoms with van der Waals surface area (Å²) in [5.74, 6) is 1.23. The Labute approximate surface area is 222 Å². The summed E-state index contributed by atoms with van der Waals surface area (Å²) >= 11 is 0. The predicted octanol–water partition coefficient (Wildman–Crippen LogP) is 2.62. The maximum absolute atomic E-state index is 12.8. The minimum atomic E-state index is -3.15. The van der Waals surface area contributed by atoms with Gasteiger partial charge in [0.25, 0.3) is 5.91 Å². The number of pyridine rings is 1. The molecule has 2 saturated carbocycles. The number of methoxy groups -OCH3 is 1. The molecule has 0 bridgehead atoms. The van der Waals surface area contributed by atoms with Crippen molar-refractivity contribution in [2.24, 2.45) is 5.92 Å². The van der Waals surface area contributed by atoms with Gasteiger partial charge in [0.2, 0.25) is 15.8 Å². The highest BCUT2D eigenvalue weighted by molar-refractivity contribution is 7.90. The molecule has 2 aromatic heterocycles. The molecule has 0 atom stereocenters. The number of carbonyl (C=O) groups is 1. The second-order valence-electron chi connectivity index (χ2n) is 10.2. The van der Waals surface area contributed by atoms with Crippen LogP contribution in [-0.4, -0.2) is 57.9 Å². The number of ether oxygens (including phenoxy) is 1. The quantitative estimate of drug-likeness (QED) is 0.401. The van der Waals surface area contributed by atoms with Gasteiger partial charge in [0, 0.05) is 23.8 Å². The zero-order valence-corrected chi connectivity index (χ0v) is 22.4. The topological polar surface area (TPSA) is 141 Å². The Morgan fingerprint density at radius 3 is 2.63 bits per heavy atom. The fourth-order valence-corrected chi connectivity index (χ4v) is 6.46. The monoisotopic (exact) mass is 539 g/mol. The first-order valence-electron chi connectivity index (χ1n) is 13.0. The predicted molar refractivity (Wildman–Crippen MR) is 141 cm³/mol. The van der Waals surface area contributed by atoms with Crippen molar-refractivity contribution in [1.82, 2.24) is 35.2 Å². The SMILES string of the molecule is COc1cccc(CNC(=O)c2cc(-c3nnn(CC4CCC(NS(=O)(=O)C5CC5)CC4)n3)cc(C)n2)c1. The molecule has 1 aromatic carbocycles. The minimum Gasteiger partial charge on any atom is -0.497 e. The normalized spacial score (nSPS) is 19.7. The average Bonchev–Trinajstić information content (AvgIpc) is 3.68. The first-order chi connectivity index (χ1) is 18.3. The zero-order valence-electron chi connectivity index (χ0n) is 21.6. The Bertz CT molecular complexity index is 1400. The van der Waals surface area contributed by atoms with E-state index in [1.807, 2.05) is 37.3 Å². The summed E-state index contributed by atoms with van der Waals surface area (Å²) in [6.07, 6.45) is 4.99. The van der Waals surface area contributed by atoms with Gasteiger partial charge >= 0.3 is 0 Å². The molecule has 0 unspecified atom stereocenters. The van der Waals surface area contributed by atoms with Crippen molar-refractivity contribution in [3.05, 3.63) is 53.3 Å². The number of benzene rings is 1. The first kappa shape index (κ1) is 26.2. The van der Waals surface area contributed by atoms with Gasteiger partial charge in [-0.15, -0.1) is 10.2 Å². The summed E-state index contributed by atoms with van der Waals surface area (Å²) in [5, 5.41) is 15.7. The van der Waals surface area contributed by atoms with E-state index in [-0.39, 0.29) is 22.9 Å². The largest absolute Gasteiger partial charge is 0.497 e. The molecule has 0 aliphatic heterocycles. The highest BCUT2D eigenvalue weighted by Crippen LogP contribution is 2.31. The van der Waals surface area contributed by atoms with Crippen LogP contribution in [0, 0.1) is 12.8 Å². The van der Waals surface area contributed by atoms with E-state index >= 15 is 0 Å². The van der Waals surface area contributed by atoms with E-state index < -0.39 is 10.0 Å². The number of carbonyl (C=O) groups excluding carboxylic acids is 1. The lowest BCUT2D eigenvalue weighted by molar-refractivity contribution is 0.0945. The molecule has 5 rings (SSSR count). The van der Waals surface area contributed by atoms with E-state index in [2.05, 4.69) is 30.4 Å². The number of nitrogens with zero attached hydrogens (tertiary/aromatic N) is 5. The number of aryl methyl sites for hydroxylation is 1. The van der Waals surface area contributed by atoms with Crippen molar-refractivity contribution < 1.29 is 17.9 Å². The highest BCUT2D eigenvalue weighted by Gasteiger charge is 2.37. The lowest BCUT2D eigenvalue weighted by Gasteiger charge is -2.28. The Kier molecular flexibility index (Phi) is 7.70. The number of rotatable bonds is 10. The molecule has 0 spiro atoms. The van der Waals surface area contributed by atoms with E-state index in [0.29, 0.717) is 36.1 Å². The van der Waals surface area contributed by atoms with E-state index in [9.17, 15) is 13.2 Å². The fourth-order valence-electron chi connectivity index (χ4n) is 4.81. The van der Waals surface area contributed by atoms with Gasteiger partial charge in [-0.25, -0.2) is 18.1 Å². The number of aromatic nitrogens is 5. The Hall–Kier alpha value is -3.38. The molecule has 2 heterocycles. The van der Waals surface area contributed by atoms with E-state index in [1.54, 1.807) is 18.0 Å². The maximum atomic E-state index is 12.8. The molecule has 2 N–H and O–H groups in total. The van der Waals surface area contributed by atoms with Crippen LogP contribution in [0.25, 0.3) is 11.4 Å². The van der Waals surface area contributed by atoms with Gasteiger partial charge in [0.05, 0.1) is 18.9 Å². The Morgan fingerprint density at radius 1 is 1.11 bits per heavy atom. The molecule has 0 radical (unpaired) electrons. The lowest BCUT2D eigenvalue weighted by atomic mass is 9.86. The third kappa shape index (κ3) is 6.54. The second-order valence-corrected chi connectivity index (χ2v) is 12.2. The van der Waals surface area contributed by atoms with E-state index in [1.165, 1.54) is 0 Å². The van der Waals surface area contributed by atoms with Crippen LogP contribution < -0.4 is 14.8 Å². The zero-order chi connectivity index (χ0) is 26.7. The van der Waals surface area contributed by atoms with Gasteiger partial charge in [-0.3, -0.25) is 4.79 Å². The van der Waals surface area contributed by atoms with Crippen LogP contribution in [0.5, 0.6) is 5.75 Å². The summed E-state index contributed by atoms with van der Waals surface area (Å²) in [5.41, 5.74) is 2.56. The van der Waals surface area contributed by atoms with Gasteiger partial charge in [0.15, 0.2) is 0 Å². The summed E-state index contributed by atoms with van der Waals surface area (Å²) in [6.45, 7) is 2.79. The number of nitrogens with one attached hydrogen (secondary N) is 2. The van der Waals surface area contributed by atoms with Crippen molar-refractivity contribution in [3.8, 4) is 17.1 Å². The third-order valence-corrected chi connectivity index (χ3v) is 9.06. The first-order valence-corrected chi connectivity index (χ1v) is 14.5. The van der Waals surface area contributed by atoms with Crippen LogP contribution in [0.3, 0.4) is 0 Å². The van der Waals surface area contributed by atoms with Gasteiger partial charge in [-0.1, -0.05) is 12.1 Å². The van der Waals surface area contributed by atoms with Crippen molar-refractivity contribution in [2.45, 2.75) is 69.8 Å².